The number of rotatable bonds is 7. The fourth-order valence-corrected chi connectivity index (χ4v) is 3.31. The third-order valence-corrected chi connectivity index (χ3v) is 4.57. The average molecular weight is 356 g/mol. The van der Waals surface area contributed by atoms with Crippen LogP contribution in [0.1, 0.15) is 35.6 Å². The molecule has 0 fully saturated rings. The molecule has 0 amide bonds. The minimum atomic E-state index is -0.966. The van der Waals surface area contributed by atoms with E-state index >= 15 is 0 Å². The summed E-state index contributed by atoms with van der Waals surface area (Å²) in [5.41, 5.74) is 1.28. The van der Waals surface area contributed by atoms with Gasteiger partial charge in [0.2, 0.25) is 0 Å². The van der Waals surface area contributed by atoms with Crippen LogP contribution in [0.15, 0.2) is 12.1 Å². The van der Waals surface area contributed by atoms with Crippen molar-refractivity contribution in [1.29, 1.82) is 0 Å². The number of benzene rings is 1. The van der Waals surface area contributed by atoms with Crippen LogP contribution in [0.3, 0.4) is 0 Å². The molecule has 5 nitrogen and oxygen atoms in total. The van der Waals surface area contributed by atoms with E-state index in [9.17, 15) is 9.90 Å². The lowest BCUT2D eigenvalue weighted by Gasteiger charge is -2.13. The Labute approximate surface area is 143 Å². The van der Waals surface area contributed by atoms with Gasteiger partial charge >= 0.3 is 5.97 Å². The van der Waals surface area contributed by atoms with Crippen molar-refractivity contribution in [3.05, 3.63) is 27.7 Å². The largest absolute Gasteiger partial charge is 0.493 e. The van der Waals surface area contributed by atoms with Gasteiger partial charge in [0, 0.05) is 5.56 Å². The van der Waals surface area contributed by atoms with E-state index in [0.717, 1.165) is 17.8 Å². The minimum Gasteiger partial charge on any atom is -0.493 e. The Kier molecular flexibility index (Phi) is 5.85. The Balaban J connectivity index is 2.48. The molecule has 1 heterocycles. The summed E-state index contributed by atoms with van der Waals surface area (Å²) in [6.07, 6.45) is 1.41. The molecule has 0 aliphatic heterocycles. The monoisotopic (exact) mass is 355 g/mol. The van der Waals surface area contributed by atoms with Crippen molar-refractivity contribution in [2.45, 2.75) is 26.7 Å². The molecule has 0 bridgehead atoms. The van der Waals surface area contributed by atoms with E-state index in [1.165, 1.54) is 7.11 Å². The number of ether oxygens (including phenoxy) is 2. The molecule has 2 rings (SSSR count). The van der Waals surface area contributed by atoms with Gasteiger partial charge in [0.15, 0.2) is 11.5 Å². The SMILES string of the molecule is CCCOc1c(Cl)cc(-c2nc(CC)c(C(=O)O)s2)cc1OC. The summed E-state index contributed by atoms with van der Waals surface area (Å²) in [5.74, 6) is 0.0307. The molecule has 0 spiro atoms. The maximum absolute atomic E-state index is 11.3. The zero-order valence-corrected chi connectivity index (χ0v) is 14.8. The summed E-state index contributed by atoms with van der Waals surface area (Å²) >= 11 is 7.43. The first-order chi connectivity index (χ1) is 11.0. The van der Waals surface area contributed by atoms with Crippen molar-refractivity contribution in [2.75, 3.05) is 13.7 Å². The first-order valence-electron chi connectivity index (χ1n) is 7.25. The van der Waals surface area contributed by atoms with Crippen molar-refractivity contribution in [3.8, 4) is 22.1 Å². The van der Waals surface area contributed by atoms with E-state index < -0.39 is 5.97 Å². The summed E-state index contributed by atoms with van der Waals surface area (Å²) in [6, 6.07) is 3.49. The maximum atomic E-state index is 11.3. The third-order valence-electron chi connectivity index (χ3n) is 3.15. The van der Waals surface area contributed by atoms with Gasteiger partial charge in [-0.25, -0.2) is 9.78 Å². The molecule has 0 radical (unpaired) electrons. The standard InChI is InChI=1S/C16H18ClNO4S/c1-4-6-22-13-10(17)7-9(8-12(13)21-3)15-18-11(5-2)14(23-15)16(19)20/h7-8H,4-6H2,1-3H3,(H,19,20). The number of hydrogen-bond donors (Lipinski definition) is 1. The van der Waals surface area contributed by atoms with Gasteiger partial charge in [0.05, 0.1) is 24.4 Å². The zero-order chi connectivity index (χ0) is 17.0. The van der Waals surface area contributed by atoms with Gasteiger partial charge in [0.25, 0.3) is 0 Å². The number of aryl methyl sites for hydroxylation is 1. The van der Waals surface area contributed by atoms with E-state index in [0.29, 0.717) is 45.8 Å². The van der Waals surface area contributed by atoms with E-state index in [-0.39, 0.29) is 4.88 Å². The molecule has 124 valence electrons. The third kappa shape index (κ3) is 3.76. The van der Waals surface area contributed by atoms with E-state index in [1.54, 1.807) is 12.1 Å². The van der Waals surface area contributed by atoms with Crippen molar-refractivity contribution in [1.82, 2.24) is 4.98 Å². The lowest BCUT2D eigenvalue weighted by molar-refractivity contribution is 0.0701. The van der Waals surface area contributed by atoms with Crippen molar-refractivity contribution >= 4 is 28.9 Å². The Hall–Kier alpha value is -1.79. The molecule has 1 N–H and O–H groups in total. The lowest BCUT2D eigenvalue weighted by Crippen LogP contribution is -1.99. The number of halogens is 1. The molecule has 7 heteroatoms. The van der Waals surface area contributed by atoms with Crippen LogP contribution in [-0.4, -0.2) is 29.8 Å². The molecule has 1 aromatic carbocycles. The van der Waals surface area contributed by atoms with Gasteiger partial charge < -0.3 is 14.6 Å². The van der Waals surface area contributed by atoms with E-state index in [2.05, 4.69) is 4.98 Å². The predicted octanol–water partition coefficient (Wildman–Crippen LogP) is 4.52. The Bertz CT molecular complexity index is 714. The number of methoxy groups -OCH3 is 1. The Morgan fingerprint density at radius 2 is 2.13 bits per heavy atom. The van der Waals surface area contributed by atoms with Crippen LogP contribution in [0, 0.1) is 0 Å². The molecule has 0 aliphatic rings. The highest BCUT2D eigenvalue weighted by Gasteiger charge is 2.19. The summed E-state index contributed by atoms with van der Waals surface area (Å²) in [5, 5.41) is 10.3. The number of aromatic nitrogens is 1. The Morgan fingerprint density at radius 1 is 1.39 bits per heavy atom. The number of thiazole rings is 1. The highest BCUT2D eigenvalue weighted by molar-refractivity contribution is 7.17. The average Bonchev–Trinajstić information content (AvgIpc) is 2.97. The minimum absolute atomic E-state index is 0.254. The van der Waals surface area contributed by atoms with Gasteiger partial charge in [-0.1, -0.05) is 25.4 Å². The van der Waals surface area contributed by atoms with E-state index in [4.69, 9.17) is 21.1 Å². The zero-order valence-electron chi connectivity index (χ0n) is 13.2. The predicted molar refractivity (Wildman–Crippen MR) is 91.2 cm³/mol. The maximum Gasteiger partial charge on any atom is 0.347 e. The lowest BCUT2D eigenvalue weighted by atomic mass is 10.2. The van der Waals surface area contributed by atoms with Gasteiger partial charge in [0.1, 0.15) is 9.88 Å². The molecule has 23 heavy (non-hydrogen) atoms. The number of carboxylic acids is 1. The number of carboxylic acid groups (broad SMARTS) is 1. The van der Waals surface area contributed by atoms with Crippen LogP contribution in [-0.2, 0) is 6.42 Å². The number of carbonyl (C=O) groups is 1. The number of hydrogen-bond acceptors (Lipinski definition) is 5. The Morgan fingerprint density at radius 3 is 2.65 bits per heavy atom. The van der Waals surface area contributed by atoms with Crippen LogP contribution < -0.4 is 9.47 Å². The molecule has 0 unspecified atom stereocenters. The van der Waals surface area contributed by atoms with Gasteiger partial charge in [-0.2, -0.15) is 0 Å². The van der Waals surface area contributed by atoms with Crippen LogP contribution in [0.2, 0.25) is 5.02 Å². The first kappa shape index (κ1) is 17.6. The fraction of sp³-hybridized carbons (Fsp3) is 0.375. The number of aromatic carboxylic acids is 1. The highest BCUT2D eigenvalue weighted by atomic mass is 35.5. The van der Waals surface area contributed by atoms with Gasteiger partial charge in [-0.3, -0.25) is 0 Å². The summed E-state index contributed by atoms with van der Waals surface area (Å²) < 4.78 is 11.0. The van der Waals surface area contributed by atoms with Gasteiger partial charge in [-0.05, 0) is 25.0 Å². The van der Waals surface area contributed by atoms with Crippen LogP contribution >= 0.6 is 22.9 Å². The second kappa shape index (κ2) is 7.66. The second-order valence-electron chi connectivity index (χ2n) is 4.79. The van der Waals surface area contributed by atoms with Crippen LogP contribution in [0.4, 0.5) is 0 Å². The molecule has 2 aromatic rings. The van der Waals surface area contributed by atoms with Crippen molar-refractivity contribution in [3.63, 3.8) is 0 Å². The topological polar surface area (TPSA) is 68.7 Å². The van der Waals surface area contributed by atoms with Gasteiger partial charge in [-0.15, -0.1) is 11.3 Å². The summed E-state index contributed by atoms with van der Waals surface area (Å²) in [4.78, 5) is 16.0. The molecular formula is C16H18ClNO4S. The summed E-state index contributed by atoms with van der Waals surface area (Å²) in [6.45, 7) is 4.42. The molecule has 0 saturated heterocycles. The fourth-order valence-electron chi connectivity index (χ4n) is 2.07. The van der Waals surface area contributed by atoms with Crippen molar-refractivity contribution in [2.24, 2.45) is 0 Å². The molecule has 1 aromatic heterocycles. The normalized spacial score (nSPS) is 10.6. The number of nitrogens with zero attached hydrogens (tertiary/aromatic N) is 1. The van der Waals surface area contributed by atoms with E-state index in [1.807, 2.05) is 13.8 Å². The quantitative estimate of drug-likeness (QED) is 0.790. The molecule has 0 aliphatic carbocycles. The van der Waals surface area contributed by atoms with Crippen molar-refractivity contribution < 1.29 is 19.4 Å². The first-order valence-corrected chi connectivity index (χ1v) is 8.44. The second-order valence-corrected chi connectivity index (χ2v) is 6.20. The molecule has 0 atom stereocenters. The van der Waals surface area contributed by atoms with Crippen LogP contribution in [0.25, 0.3) is 10.6 Å². The van der Waals surface area contributed by atoms with Crippen LogP contribution in [0.5, 0.6) is 11.5 Å². The smallest absolute Gasteiger partial charge is 0.347 e. The summed E-state index contributed by atoms with van der Waals surface area (Å²) in [7, 11) is 1.54. The highest BCUT2D eigenvalue weighted by Crippen LogP contribution is 2.41. The molecular weight excluding hydrogens is 338 g/mol. The molecule has 0 saturated carbocycles.